The van der Waals surface area contributed by atoms with Gasteiger partial charge in [-0.15, -0.1) is 0 Å². The Hall–Kier alpha value is -3.06. The first-order valence-electron chi connectivity index (χ1n) is 11.6. The topological polar surface area (TPSA) is 123 Å². The molecule has 1 saturated carbocycles. The lowest BCUT2D eigenvalue weighted by Gasteiger charge is -2.54. The molecule has 0 spiro atoms. The zero-order valence-electron chi connectivity index (χ0n) is 18.6. The SMILES string of the molecule is N#C[C@@H](C[C@H]1CCCNC1=O)NC(=O)[C@@H]1[C@@H]2CC[C@@H](CC2(F)F)N1C(=O)[C@@H](O)c1ccccc1. The molecule has 4 fully saturated rings. The highest BCUT2D eigenvalue weighted by atomic mass is 19.3. The van der Waals surface area contributed by atoms with E-state index in [-0.39, 0.29) is 18.7 Å². The second-order valence-electron chi connectivity index (χ2n) is 9.36. The van der Waals surface area contributed by atoms with Crippen LogP contribution in [0.25, 0.3) is 0 Å². The van der Waals surface area contributed by atoms with E-state index in [1.807, 2.05) is 6.07 Å². The number of aliphatic hydroxyl groups excluding tert-OH is 1. The van der Waals surface area contributed by atoms with Crippen LogP contribution in [0.1, 0.15) is 50.2 Å². The zero-order chi connectivity index (χ0) is 24.5. The zero-order valence-corrected chi connectivity index (χ0v) is 18.6. The molecule has 1 aromatic carbocycles. The Labute approximate surface area is 196 Å². The third kappa shape index (κ3) is 4.62. The van der Waals surface area contributed by atoms with E-state index < -0.39 is 60.2 Å². The number of nitriles is 1. The van der Waals surface area contributed by atoms with Gasteiger partial charge in [0.05, 0.1) is 12.0 Å². The summed E-state index contributed by atoms with van der Waals surface area (Å²) in [5.41, 5.74) is 0.304. The molecule has 1 aromatic rings. The number of nitrogens with zero attached hydrogens (tertiary/aromatic N) is 2. The van der Waals surface area contributed by atoms with Gasteiger partial charge >= 0.3 is 0 Å². The fraction of sp³-hybridized carbons (Fsp3) is 0.583. The summed E-state index contributed by atoms with van der Waals surface area (Å²) in [5.74, 6) is -6.89. The van der Waals surface area contributed by atoms with Crippen molar-refractivity contribution in [2.75, 3.05) is 6.54 Å². The maximum Gasteiger partial charge on any atom is 0.256 e. The highest BCUT2D eigenvalue weighted by molar-refractivity contribution is 5.91. The molecule has 2 bridgehead atoms. The van der Waals surface area contributed by atoms with Crippen LogP contribution in [0.5, 0.6) is 0 Å². The van der Waals surface area contributed by atoms with E-state index in [0.717, 1.165) is 11.3 Å². The lowest BCUT2D eigenvalue weighted by atomic mass is 9.71. The molecule has 0 unspecified atom stereocenters. The van der Waals surface area contributed by atoms with Gasteiger partial charge in [0.2, 0.25) is 11.8 Å². The van der Waals surface area contributed by atoms with Gasteiger partial charge in [0.25, 0.3) is 11.8 Å². The van der Waals surface area contributed by atoms with Crippen molar-refractivity contribution in [3.63, 3.8) is 0 Å². The van der Waals surface area contributed by atoms with Crippen LogP contribution in [-0.2, 0) is 14.4 Å². The van der Waals surface area contributed by atoms with Gasteiger partial charge in [0.1, 0.15) is 12.1 Å². The molecule has 3 amide bonds. The van der Waals surface area contributed by atoms with Crippen molar-refractivity contribution >= 4 is 17.7 Å². The van der Waals surface area contributed by atoms with Gasteiger partial charge in [0, 0.05) is 24.9 Å². The number of rotatable bonds is 6. The van der Waals surface area contributed by atoms with E-state index in [0.29, 0.717) is 24.9 Å². The molecule has 182 valence electrons. The second kappa shape index (κ2) is 9.66. The van der Waals surface area contributed by atoms with Gasteiger partial charge in [-0.2, -0.15) is 5.26 Å². The van der Waals surface area contributed by atoms with Crippen molar-refractivity contribution in [3.8, 4) is 6.07 Å². The van der Waals surface area contributed by atoms with Crippen molar-refractivity contribution in [3.05, 3.63) is 35.9 Å². The van der Waals surface area contributed by atoms with Crippen LogP contribution in [0.2, 0.25) is 0 Å². The molecule has 0 aromatic heterocycles. The second-order valence-corrected chi connectivity index (χ2v) is 9.36. The van der Waals surface area contributed by atoms with E-state index in [2.05, 4.69) is 10.6 Å². The Morgan fingerprint density at radius 3 is 2.65 bits per heavy atom. The van der Waals surface area contributed by atoms with Crippen LogP contribution in [0, 0.1) is 23.2 Å². The Morgan fingerprint density at radius 1 is 1.26 bits per heavy atom. The number of hydrogen-bond acceptors (Lipinski definition) is 5. The smallest absolute Gasteiger partial charge is 0.256 e. The van der Waals surface area contributed by atoms with Gasteiger partial charge < -0.3 is 20.6 Å². The summed E-state index contributed by atoms with van der Waals surface area (Å²) in [7, 11) is 0. The van der Waals surface area contributed by atoms with Crippen molar-refractivity contribution < 1.29 is 28.3 Å². The van der Waals surface area contributed by atoms with E-state index in [9.17, 15) is 33.5 Å². The first-order valence-corrected chi connectivity index (χ1v) is 11.6. The number of aliphatic hydroxyl groups is 1. The molecule has 10 heteroatoms. The fourth-order valence-corrected chi connectivity index (χ4v) is 5.49. The van der Waals surface area contributed by atoms with Gasteiger partial charge in [-0.05, 0) is 37.7 Å². The number of amides is 3. The van der Waals surface area contributed by atoms with Gasteiger partial charge in [-0.25, -0.2) is 8.78 Å². The third-order valence-electron chi connectivity index (χ3n) is 7.20. The molecular weight excluding hydrogens is 446 g/mol. The van der Waals surface area contributed by atoms with Crippen LogP contribution in [0.3, 0.4) is 0 Å². The van der Waals surface area contributed by atoms with Crippen LogP contribution in [-0.4, -0.2) is 58.3 Å². The first-order chi connectivity index (χ1) is 16.2. The van der Waals surface area contributed by atoms with Crippen molar-refractivity contribution in [2.24, 2.45) is 11.8 Å². The monoisotopic (exact) mass is 474 g/mol. The molecule has 0 radical (unpaired) electrons. The molecule has 3 saturated heterocycles. The van der Waals surface area contributed by atoms with Crippen LogP contribution in [0.4, 0.5) is 8.78 Å². The van der Waals surface area contributed by atoms with Crippen molar-refractivity contribution in [2.45, 2.75) is 68.7 Å². The predicted octanol–water partition coefficient (Wildman–Crippen LogP) is 1.66. The summed E-state index contributed by atoms with van der Waals surface area (Å²) in [4.78, 5) is 39.7. The minimum Gasteiger partial charge on any atom is -0.378 e. The molecule has 3 heterocycles. The van der Waals surface area contributed by atoms with Crippen LogP contribution >= 0.6 is 0 Å². The maximum absolute atomic E-state index is 14.8. The molecular formula is C24H28F2N4O4. The van der Waals surface area contributed by atoms with Crippen molar-refractivity contribution in [1.29, 1.82) is 5.26 Å². The number of fused-ring (bicyclic) bond motifs is 3. The number of alkyl halides is 2. The summed E-state index contributed by atoms with van der Waals surface area (Å²) >= 11 is 0. The molecule has 3 N–H and O–H groups in total. The lowest BCUT2D eigenvalue weighted by molar-refractivity contribution is -0.198. The quantitative estimate of drug-likeness (QED) is 0.579. The Morgan fingerprint density at radius 2 is 2.00 bits per heavy atom. The molecule has 1 aliphatic carbocycles. The number of carbonyl (C=O) groups is 3. The Kier molecular flexibility index (Phi) is 6.84. The lowest BCUT2D eigenvalue weighted by Crippen LogP contribution is -2.69. The van der Waals surface area contributed by atoms with Crippen molar-refractivity contribution in [1.82, 2.24) is 15.5 Å². The standard InChI is InChI=1S/C24H28F2N4O4/c25-24(26)12-17-8-9-18(24)19(30(17)23(34)20(31)14-5-2-1-3-6-14)22(33)29-16(13-27)11-15-7-4-10-28-21(15)32/h1-3,5-6,15-20,31H,4,7-12H2,(H,28,32)(H,29,33)/t15-,16-,17+,18+,19+,20+/m1/s1. The van der Waals surface area contributed by atoms with E-state index >= 15 is 0 Å². The summed E-state index contributed by atoms with van der Waals surface area (Å²) in [6.07, 6.45) is -0.419. The average Bonchev–Trinajstić information content (AvgIpc) is 2.83. The Bertz CT molecular complexity index is 983. The number of piperidine rings is 3. The number of hydrogen-bond donors (Lipinski definition) is 3. The fourth-order valence-electron chi connectivity index (χ4n) is 5.49. The third-order valence-corrected chi connectivity index (χ3v) is 7.20. The summed E-state index contributed by atoms with van der Waals surface area (Å²) in [6, 6.07) is 6.58. The average molecular weight is 475 g/mol. The highest BCUT2D eigenvalue weighted by Crippen LogP contribution is 2.49. The van der Waals surface area contributed by atoms with Crippen LogP contribution < -0.4 is 10.6 Å². The van der Waals surface area contributed by atoms with E-state index in [1.54, 1.807) is 30.3 Å². The molecule has 34 heavy (non-hydrogen) atoms. The molecule has 4 aliphatic rings. The molecule has 6 atom stereocenters. The number of benzene rings is 1. The number of halogens is 2. The predicted molar refractivity (Wildman–Crippen MR) is 116 cm³/mol. The van der Waals surface area contributed by atoms with Crippen LogP contribution in [0.15, 0.2) is 30.3 Å². The summed E-state index contributed by atoms with van der Waals surface area (Å²) in [5, 5.41) is 25.5. The summed E-state index contributed by atoms with van der Waals surface area (Å²) in [6.45, 7) is 0.556. The maximum atomic E-state index is 14.8. The summed E-state index contributed by atoms with van der Waals surface area (Å²) < 4.78 is 29.6. The minimum atomic E-state index is -3.15. The number of carbonyl (C=O) groups excluding carboxylic acids is 3. The highest BCUT2D eigenvalue weighted by Gasteiger charge is 2.61. The number of nitrogens with one attached hydrogen (secondary N) is 2. The molecule has 8 nitrogen and oxygen atoms in total. The molecule has 3 aliphatic heterocycles. The normalized spacial score (nSPS) is 29.5. The molecule has 5 rings (SSSR count). The van der Waals surface area contributed by atoms with Gasteiger partial charge in [0.15, 0.2) is 6.10 Å². The minimum absolute atomic E-state index is 0.0587. The largest absolute Gasteiger partial charge is 0.378 e. The van der Waals surface area contributed by atoms with Gasteiger partial charge in [-0.3, -0.25) is 14.4 Å². The Balaban J connectivity index is 1.56. The van der Waals surface area contributed by atoms with Gasteiger partial charge in [-0.1, -0.05) is 30.3 Å². The first kappa shape index (κ1) is 24.1. The van der Waals surface area contributed by atoms with E-state index in [1.165, 1.54) is 0 Å². The van der Waals surface area contributed by atoms with E-state index in [4.69, 9.17) is 0 Å².